The Morgan fingerprint density at radius 2 is 1.95 bits per heavy atom. The van der Waals surface area contributed by atoms with E-state index in [1.165, 1.54) is 5.56 Å². The van der Waals surface area contributed by atoms with Gasteiger partial charge in [0.15, 0.2) is 0 Å². The minimum atomic E-state index is -0.871. The molecule has 0 heterocycles. The Morgan fingerprint density at radius 1 is 1.19 bits per heavy atom. The quantitative estimate of drug-likeness (QED) is 0.847. The van der Waals surface area contributed by atoms with Gasteiger partial charge in [-0.25, -0.2) is 0 Å². The topological polar surface area (TPSA) is 44.0 Å². The molecule has 3 rings (SSSR count). The predicted octanol–water partition coefficient (Wildman–Crippen LogP) is 3.97. The zero-order valence-electron chi connectivity index (χ0n) is 13.1. The Bertz CT molecular complexity index is 575. The lowest BCUT2D eigenvalue weighted by molar-refractivity contribution is -0.0786. The average Bonchev–Trinajstić information content (AvgIpc) is 2.50. The van der Waals surface area contributed by atoms with Crippen LogP contribution in [0.15, 0.2) is 24.3 Å². The van der Waals surface area contributed by atoms with Crippen molar-refractivity contribution in [2.75, 3.05) is 0 Å². The molecule has 112 valence electrons. The van der Waals surface area contributed by atoms with Gasteiger partial charge in [0.2, 0.25) is 0 Å². The van der Waals surface area contributed by atoms with Crippen molar-refractivity contribution < 1.29 is 5.11 Å². The number of nitrogens with zero attached hydrogens (tertiary/aromatic N) is 1. The van der Waals surface area contributed by atoms with Crippen molar-refractivity contribution in [2.45, 2.75) is 63.4 Å². The van der Waals surface area contributed by atoms with Crippen LogP contribution in [0.25, 0.3) is 0 Å². The zero-order valence-corrected chi connectivity index (χ0v) is 13.1. The van der Waals surface area contributed by atoms with Crippen LogP contribution in [0.4, 0.5) is 0 Å². The van der Waals surface area contributed by atoms with Crippen molar-refractivity contribution in [1.29, 1.82) is 5.26 Å². The number of aryl methyl sites for hydroxylation is 1. The molecule has 0 bridgehead atoms. The standard InChI is InChI=1S/C19H25NO/c1-14-9-11-19(21,12-15(14)2)18(13-20)10-5-7-16-6-3-4-8-17(16)18/h3-4,6,8,14-15,21H,5,7,9-12H2,1-2H3. The lowest BCUT2D eigenvalue weighted by atomic mass is 9.55. The summed E-state index contributed by atoms with van der Waals surface area (Å²) in [7, 11) is 0. The summed E-state index contributed by atoms with van der Waals surface area (Å²) in [4.78, 5) is 0. The fourth-order valence-electron chi connectivity index (χ4n) is 4.51. The van der Waals surface area contributed by atoms with Crippen molar-refractivity contribution in [3.8, 4) is 6.07 Å². The van der Waals surface area contributed by atoms with Crippen LogP contribution in [-0.2, 0) is 11.8 Å². The van der Waals surface area contributed by atoms with Crippen LogP contribution in [0.2, 0.25) is 0 Å². The molecule has 4 atom stereocenters. The van der Waals surface area contributed by atoms with Gasteiger partial charge in [-0.1, -0.05) is 38.1 Å². The third-order valence-electron chi connectivity index (χ3n) is 6.10. The van der Waals surface area contributed by atoms with Gasteiger partial charge in [0.05, 0.1) is 11.7 Å². The fraction of sp³-hybridized carbons (Fsp3) is 0.632. The Labute approximate surface area is 127 Å². The first-order valence-corrected chi connectivity index (χ1v) is 8.24. The van der Waals surface area contributed by atoms with Crippen molar-refractivity contribution in [3.63, 3.8) is 0 Å². The Balaban J connectivity index is 2.08. The highest BCUT2D eigenvalue weighted by molar-refractivity contribution is 5.45. The molecule has 0 amide bonds. The second kappa shape index (κ2) is 5.14. The summed E-state index contributed by atoms with van der Waals surface area (Å²) in [5.41, 5.74) is 0.758. The molecular weight excluding hydrogens is 258 g/mol. The molecule has 2 aliphatic carbocycles. The number of fused-ring (bicyclic) bond motifs is 1. The molecule has 1 aromatic rings. The predicted molar refractivity (Wildman–Crippen MR) is 83.8 cm³/mol. The van der Waals surface area contributed by atoms with Gasteiger partial charge in [-0.3, -0.25) is 0 Å². The highest BCUT2D eigenvalue weighted by atomic mass is 16.3. The van der Waals surface area contributed by atoms with Crippen molar-refractivity contribution in [3.05, 3.63) is 35.4 Å². The highest BCUT2D eigenvalue weighted by Gasteiger charge is 2.55. The molecule has 2 nitrogen and oxygen atoms in total. The number of benzene rings is 1. The van der Waals surface area contributed by atoms with Crippen LogP contribution in [0.3, 0.4) is 0 Å². The molecule has 1 N–H and O–H groups in total. The van der Waals surface area contributed by atoms with Crippen LogP contribution in [0.1, 0.15) is 57.1 Å². The van der Waals surface area contributed by atoms with Crippen molar-refractivity contribution in [2.24, 2.45) is 11.8 Å². The third-order valence-corrected chi connectivity index (χ3v) is 6.10. The van der Waals surface area contributed by atoms with Gasteiger partial charge >= 0.3 is 0 Å². The van der Waals surface area contributed by atoms with Gasteiger partial charge < -0.3 is 5.11 Å². The van der Waals surface area contributed by atoms with E-state index in [0.717, 1.165) is 44.1 Å². The lowest BCUT2D eigenvalue weighted by Gasteiger charge is -2.50. The van der Waals surface area contributed by atoms with Crippen molar-refractivity contribution >= 4 is 0 Å². The molecular formula is C19H25NO. The molecule has 0 spiro atoms. The molecule has 1 fully saturated rings. The molecule has 1 saturated carbocycles. The van der Waals surface area contributed by atoms with E-state index < -0.39 is 11.0 Å². The van der Waals surface area contributed by atoms with Gasteiger partial charge in [-0.05, 0) is 61.5 Å². The molecule has 0 saturated heterocycles. The highest BCUT2D eigenvalue weighted by Crippen LogP contribution is 2.52. The molecule has 0 radical (unpaired) electrons. The van der Waals surface area contributed by atoms with E-state index >= 15 is 0 Å². The molecule has 2 aliphatic rings. The van der Waals surface area contributed by atoms with Crippen LogP contribution in [-0.4, -0.2) is 10.7 Å². The number of rotatable bonds is 1. The third kappa shape index (κ3) is 2.10. The average molecular weight is 283 g/mol. The smallest absolute Gasteiger partial charge is 0.111 e. The molecule has 21 heavy (non-hydrogen) atoms. The largest absolute Gasteiger partial charge is 0.388 e. The minimum absolute atomic E-state index is 0.475. The summed E-state index contributed by atoms with van der Waals surface area (Å²) >= 11 is 0. The number of nitriles is 1. The second-order valence-corrected chi connectivity index (χ2v) is 7.26. The number of aliphatic hydroxyl groups is 1. The Morgan fingerprint density at radius 3 is 2.67 bits per heavy atom. The van der Waals surface area contributed by atoms with Crippen LogP contribution >= 0.6 is 0 Å². The van der Waals surface area contributed by atoms with E-state index in [-0.39, 0.29) is 0 Å². The first-order chi connectivity index (χ1) is 10.0. The molecule has 2 heteroatoms. The van der Waals surface area contributed by atoms with E-state index in [1.54, 1.807) is 0 Å². The van der Waals surface area contributed by atoms with Crippen LogP contribution < -0.4 is 0 Å². The normalized spacial score (nSPS) is 39.3. The maximum Gasteiger partial charge on any atom is 0.111 e. The number of hydrogen-bond acceptors (Lipinski definition) is 2. The van der Waals surface area contributed by atoms with Crippen LogP contribution in [0, 0.1) is 23.2 Å². The molecule has 0 aromatic heterocycles. The van der Waals surface area contributed by atoms with Gasteiger partial charge in [-0.15, -0.1) is 0 Å². The zero-order chi connectivity index (χ0) is 15.1. The minimum Gasteiger partial charge on any atom is -0.388 e. The summed E-state index contributed by atoms with van der Waals surface area (Å²) in [6, 6.07) is 10.8. The summed E-state index contributed by atoms with van der Waals surface area (Å²) in [6.07, 6.45) is 5.33. The van der Waals surface area contributed by atoms with Gasteiger partial charge in [0, 0.05) is 0 Å². The van der Waals surface area contributed by atoms with E-state index in [9.17, 15) is 10.4 Å². The first-order valence-electron chi connectivity index (χ1n) is 8.24. The summed E-state index contributed by atoms with van der Waals surface area (Å²) in [5.74, 6) is 1.11. The molecule has 4 unspecified atom stereocenters. The molecule has 0 aliphatic heterocycles. The van der Waals surface area contributed by atoms with Crippen molar-refractivity contribution in [1.82, 2.24) is 0 Å². The van der Waals surface area contributed by atoms with E-state index in [0.29, 0.717) is 11.8 Å². The van der Waals surface area contributed by atoms with Gasteiger partial charge in [-0.2, -0.15) is 5.26 Å². The maximum absolute atomic E-state index is 11.5. The first kappa shape index (κ1) is 14.6. The SMILES string of the molecule is CC1CCC(O)(C2(C#N)CCCc3ccccc32)CC1C. The summed E-state index contributed by atoms with van der Waals surface area (Å²) in [5, 5.41) is 21.5. The number of hydrogen-bond donors (Lipinski definition) is 1. The summed E-state index contributed by atoms with van der Waals surface area (Å²) < 4.78 is 0. The Hall–Kier alpha value is -1.33. The monoisotopic (exact) mass is 283 g/mol. The maximum atomic E-state index is 11.5. The lowest BCUT2D eigenvalue weighted by Crippen LogP contribution is -2.55. The van der Waals surface area contributed by atoms with Gasteiger partial charge in [0.1, 0.15) is 5.41 Å². The molecule has 1 aromatic carbocycles. The second-order valence-electron chi connectivity index (χ2n) is 7.26. The Kier molecular flexibility index (Phi) is 3.58. The van der Waals surface area contributed by atoms with E-state index in [2.05, 4.69) is 32.0 Å². The van der Waals surface area contributed by atoms with E-state index in [4.69, 9.17) is 0 Å². The fourth-order valence-corrected chi connectivity index (χ4v) is 4.51. The van der Waals surface area contributed by atoms with Gasteiger partial charge in [0.25, 0.3) is 0 Å². The van der Waals surface area contributed by atoms with E-state index in [1.807, 2.05) is 12.1 Å². The van der Waals surface area contributed by atoms with Crippen LogP contribution in [0.5, 0.6) is 0 Å². The summed E-state index contributed by atoms with van der Waals surface area (Å²) in [6.45, 7) is 4.48.